The van der Waals surface area contributed by atoms with Gasteiger partial charge in [0.15, 0.2) is 0 Å². The molecule has 1 heterocycles. The van der Waals surface area contributed by atoms with E-state index in [0.717, 1.165) is 42.4 Å². The monoisotopic (exact) mass is 629 g/mol. The average Bonchev–Trinajstić information content (AvgIpc) is 3.01. The minimum Gasteiger partial charge on any atom is -0.508 e. The summed E-state index contributed by atoms with van der Waals surface area (Å²) in [5.41, 5.74) is 3.27. The Bertz CT molecular complexity index is 1620. The van der Waals surface area contributed by atoms with Crippen molar-refractivity contribution in [1.29, 1.82) is 0 Å². The average molecular weight is 630 g/mol. The van der Waals surface area contributed by atoms with Gasteiger partial charge in [0.05, 0.1) is 24.4 Å². The van der Waals surface area contributed by atoms with E-state index in [4.69, 9.17) is 26.1 Å². The molecule has 4 aliphatic carbocycles. The maximum atomic E-state index is 14.1. The topological polar surface area (TPSA) is 101 Å². The van der Waals surface area contributed by atoms with Crippen LogP contribution in [0.15, 0.2) is 66.6 Å². The summed E-state index contributed by atoms with van der Waals surface area (Å²) in [6, 6.07) is 16.9. The number of rotatable bonds is 9. The fraction of sp³-hybridized carbons (Fsp3) is 0.417. The normalized spacial score (nSPS) is 25.3. The van der Waals surface area contributed by atoms with Crippen LogP contribution in [0.3, 0.4) is 0 Å². The van der Waals surface area contributed by atoms with E-state index < -0.39 is 11.4 Å². The van der Waals surface area contributed by atoms with Gasteiger partial charge >= 0.3 is 5.97 Å². The van der Waals surface area contributed by atoms with Gasteiger partial charge < -0.3 is 24.8 Å². The Hall–Kier alpha value is -3.88. The molecule has 4 aliphatic rings. The van der Waals surface area contributed by atoms with Crippen LogP contribution in [0.5, 0.6) is 5.75 Å². The van der Waals surface area contributed by atoms with Gasteiger partial charge in [-0.05, 0) is 112 Å². The van der Waals surface area contributed by atoms with Gasteiger partial charge in [-0.1, -0.05) is 41.9 Å². The lowest BCUT2D eigenvalue weighted by atomic mass is 9.48. The number of hydrogen-bond donors (Lipinski definition) is 2. The van der Waals surface area contributed by atoms with Gasteiger partial charge in [0.25, 0.3) is 5.91 Å². The zero-order chi connectivity index (χ0) is 31.9. The molecular weight excluding hydrogens is 590 g/mol. The highest BCUT2D eigenvalue weighted by atomic mass is 35.5. The predicted molar refractivity (Wildman–Crippen MR) is 174 cm³/mol. The highest BCUT2D eigenvalue weighted by molar-refractivity contribution is 6.32. The van der Waals surface area contributed by atoms with Crippen LogP contribution in [0.1, 0.15) is 48.2 Å². The van der Waals surface area contributed by atoms with Crippen LogP contribution in [0.4, 0.5) is 0 Å². The molecule has 3 aromatic rings. The van der Waals surface area contributed by atoms with Crippen molar-refractivity contribution >= 4 is 23.5 Å². The Morgan fingerprint density at radius 2 is 1.71 bits per heavy atom. The summed E-state index contributed by atoms with van der Waals surface area (Å²) in [6.07, 6.45) is 6.21. The van der Waals surface area contributed by atoms with Gasteiger partial charge in [0.2, 0.25) is 0 Å². The molecule has 236 valence electrons. The van der Waals surface area contributed by atoms with E-state index in [1.165, 1.54) is 19.8 Å². The number of aryl methyl sites for hydroxylation is 1. The van der Waals surface area contributed by atoms with Crippen LogP contribution in [0.25, 0.3) is 22.4 Å². The second kappa shape index (κ2) is 12.5. The molecule has 4 saturated carbocycles. The number of carbonyl (C=O) groups excluding carboxylic acids is 2. The highest BCUT2D eigenvalue weighted by Crippen LogP contribution is 2.58. The van der Waals surface area contributed by atoms with Gasteiger partial charge in [-0.25, -0.2) is 9.78 Å². The lowest BCUT2D eigenvalue weighted by Gasteiger charge is -2.59. The quantitative estimate of drug-likeness (QED) is 0.198. The molecule has 0 unspecified atom stereocenters. The Kier molecular flexibility index (Phi) is 8.63. The van der Waals surface area contributed by atoms with Crippen molar-refractivity contribution in [2.75, 3.05) is 27.7 Å². The number of aliphatic hydroxyl groups excluding tert-OH is 1. The highest BCUT2D eigenvalue weighted by Gasteiger charge is 2.62. The molecule has 0 spiro atoms. The van der Waals surface area contributed by atoms with Gasteiger partial charge in [0, 0.05) is 11.1 Å². The number of aliphatic hydroxyl groups is 1. The summed E-state index contributed by atoms with van der Waals surface area (Å²) < 4.78 is 11.1. The molecule has 8 nitrogen and oxygen atoms in total. The van der Waals surface area contributed by atoms with Gasteiger partial charge in [-0.15, -0.1) is 0 Å². The first-order valence-corrected chi connectivity index (χ1v) is 15.9. The first kappa shape index (κ1) is 31.1. The first-order valence-electron chi connectivity index (χ1n) is 15.6. The third-order valence-electron chi connectivity index (χ3n) is 9.84. The van der Waals surface area contributed by atoms with Crippen LogP contribution < -0.4 is 10.1 Å². The maximum absolute atomic E-state index is 14.1. The number of carbonyl (C=O) groups is 2. The molecule has 7 rings (SSSR count). The lowest BCUT2D eigenvalue weighted by molar-refractivity contribution is -0.167. The Labute approximate surface area is 269 Å². The molecule has 0 saturated heterocycles. The van der Waals surface area contributed by atoms with E-state index in [2.05, 4.69) is 5.32 Å². The van der Waals surface area contributed by atoms with Crippen LogP contribution in [0, 0.1) is 30.6 Å². The van der Waals surface area contributed by atoms with Crippen molar-refractivity contribution in [3.05, 3.63) is 82.9 Å². The minimum atomic E-state index is -1.04. The smallest absolute Gasteiger partial charge is 0.332 e. The number of nitrogens with one attached hydrogen (secondary N) is 1. The predicted octanol–water partition coefficient (Wildman–Crippen LogP) is 6.81. The van der Waals surface area contributed by atoms with Crippen molar-refractivity contribution in [3.63, 3.8) is 0 Å². The van der Waals surface area contributed by atoms with Crippen molar-refractivity contribution in [1.82, 2.24) is 15.2 Å². The number of likely N-dealkylation sites (N-methyl/N-ethyl adjacent to an activating group) is 1. The van der Waals surface area contributed by atoms with Crippen LogP contribution in [-0.2, 0) is 9.53 Å². The number of ether oxygens (including phenoxy) is 2. The molecule has 4 bridgehead atoms. The fourth-order valence-electron chi connectivity index (χ4n) is 8.07. The summed E-state index contributed by atoms with van der Waals surface area (Å²) in [6.45, 7) is 2.34. The molecule has 0 aliphatic heterocycles. The van der Waals surface area contributed by atoms with Crippen molar-refractivity contribution in [3.8, 4) is 28.1 Å². The molecule has 2 aromatic carbocycles. The van der Waals surface area contributed by atoms with Crippen LogP contribution in [0.2, 0.25) is 5.02 Å². The number of pyridine rings is 1. The first-order chi connectivity index (χ1) is 21.6. The summed E-state index contributed by atoms with van der Waals surface area (Å²) in [5.74, 6) is 0.974. The zero-order valence-corrected chi connectivity index (χ0v) is 26.9. The fourth-order valence-corrected chi connectivity index (χ4v) is 8.23. The second-order valence-corrected chi connectivity index (χ2v) is 13.5. The number of aromatic nitrogens is 1. The number of nitrogens with zero attached hydrogens (tertiary/aromatic N) is 2. The van der Waals surface area contributed by atoms with Gasteiger partial charge in [-0.3, -0.25) is 4.79 Å². The second-order valence-electron chi connectivity index (χ2n) is 13.1. The molecule has 4 fully saturated rings. The largest absolute Gasteiger partial charge is 0.508 e. The molecular formula is C36H40ClN3O5. The molecule has 45 heavy (non-hydrogen) atoms. The third kappa shape index (κ3) is 5.93. The summed E-state index contributed by atoms with van der Waals surface area (Å²) in [7, 11) is 5.09. The molecule has 1 amide bonds. The van der Waals surface area contributed by atoms with Crippen LogP contribution >= 0.6 is 11.6 Å². The summed E-state index contributed by atoms with van der Waals surface area (Å²) in [4.78, 5) is 34.3. The van der Waals surface area contributed by atoms with Crippen LogP contribution in [-0.4, -0.2) is 60.2 Å². The molecule has 1 aromatic heterocycles. The Morgan fingerprint density at radius 1 is 1.02 bits per heavy atom. The van der Waals surface area contributed by atoms with Gasteiger partial charge in [-0.2, -0.15) is 0 Å². The Balaban J connectivity index is 1.39. The lowest BCUT2D eigenvalue weighted by Crippen LogP contribution is -2.70. The number of methoxy groups -OCH3 is 1. The summed E-state index contributed by atoms with van der Waals surface area (Å²) >= 11 is 6.49. The Morgan fingerprint density at radius 3 is 2.36 bits per heavy atom. The number of halogens is 1. The number of esters is 1. The number of amides is 1. The van der Waals surface area contributed by atoms with E-state index in [9.17, 15) is 14.7 Å². The number of hydrogen-bond acceptors (Lipinski definition) is 7. The third-order valence-corrected chi connectivity index (χ3v) is 10.1. The van der Waals surface area contributed by atoms with Gasteiger partial charge in [0.1, 0.15) is 29.0 Å². The zero-order valence-electron chi connectivity index (χ0n) is 26.2. The van der Waals surface area contributed by atoms with Crippen molar-refractivity contribution in [2.24, 2.45) is 23.7 Å². The maximum Gasteiger partial charge on any atom is 0.332 e. The standard InChI is InChI=1S/C36H40ClN3O5/c1-21-7-5-6-8-28(21)29-10-12-31(38-33(29)24-9-11-30(37)32(18-24)45-20-27(41)19-40(2)3)34(42)39-36(35(43)44-4)25-14-22-13-23(16-25)17-26(36)15-22/h5-12,18,20,22-23,25-26,41H,13-17,19H2,1-4H3,(H,39,42)/b27-20-. The van der Waals surface area contributed by atoms with Crippen molar-refractivity contribution in [2.45, 2.75) is 44.6 Å². The van der Waals surface area contributed by atoms with E-state index in [0.29, 0.717) is 40.4 Å². The SMILES string of the molecule is COC(=O)C1(NC(=O)c2ccc(-c3ccccc3C)c(-c3ccc(Cl)c(O/C=C(\O)CN(C)C)c3)n2)C2CC3CC(C2)CC1C3. The van der Waals surface area contributed by atoms with E-state index in [1.807, 2.05) is 62.3 Å². The van der Waals surface area contributed by atoms with Crippen molar-refractivity contribution < 1.29 is 24.2 Å². The van der Waals surface area contributed by atoms with E-state index >= 15 is 0 Å². The minimum absolute atomic E-state index is 0.0446. The van der Waals surface area contributed by atoms with E-state index in [1.54, 1.807) is 18.2 Å². The van der Waals surface area contributed by atoms with E-state index in [-0.39, 0.29) is 29.3 Å². The number of benzene rings is 2. The molecule has 2 N–H and O–H groups in total. The summed E-state index contributed by atoms with van der Waals surface area (Å²) in [5, 5.41) is 13.8. The molecule has 0 radical (unpaired) electrons. The molecule has 0 atom stereocenters. The molecule has 9 heteroatoms.